The molecule has 1 aromatic carbocycles. The van der Waals surface area contributed by atoms with Crippen LogP contribution in [0.1, 0.15) is 24.8 Å². The van der Waals surface area contributed by atoms with Crippen molar-refractivity contribution in [3.63, 3.8) is 0 Å². The molecule has 0 saturated carbocycles. The summed E-state index contributed by atoms with van der Waals surface area (Å²) in [6.07, 6.45) is 2.79. The van der Waals surface area contributed by atoms with E-state index in [-0.39, 0.29) is 31.2 Å². The predicted octanol–water partition coefficient (Wildman–Crippen LogP) is 2.92. The van der Waals surface area contributed by atoms with E-state index in [1.54, 1.807) is 19.2 Å². The highest BCUT2D eigenvalue weighted by atomic mass is 16.5. The Morgan fingerprint density at radius 1 is 1.18 bits per heavy atom. The quantitative estimate of drug-likeness (QED) is 0.643. The Hall–Kier alpha value is -3.42. The first kappa shape index (κ1) is 19.3. The summed E-state index contributed by atoms with van der Waals surface area (Å²) in [5.41, 5.74) is 1.82. The number of anilines is 1. The van der Waals surface area contributed by atoms with Crippen LogP contribution >= 0.6 is 0 Å². The number of carbonyl (C=O) groups is 2. The third kappa shape index (κ3) is 4.85. The van der Waals surface area contributed by atoms with Gasteiger partial charge in [0, 0.05) is 25.6 Å². The summed E-state index contributed by atoms with van der Waals surface area (Å²) in [4.78, 5) is 30.1. The van der Waals surface area contributed by atoms with Gasteiger partial charge in [-0.2, -0.15) is 4.98 Å². The molecule has 0 aliphatic carbocycles. The summed E-state index contributed by atoms with van der Waals surface area (Å²) in [6, 6.07) is 11.1. The zero-order valence-corrected chi connectivity index (χ0v) is 15.8. The molecule has 0 bridgehead atoms. The van der Waals surface area contributed by atoms with Crippen LogP contribution < -0.4 is 5.32 Å². The molecule has 28 heavy (non-hydrogen) atoms. The van der Waals surface area contributed by atoms with Gasteiger partial charge < -0.3 is 19.2 Å². The maximum absolute atomic E-state index is 12.3. The number of hydrogen-bond donors (Lipinski definition) is 1. The maximum Gasteiger partial charge on any atom is 0.243 e. The normalized spacial score (nSPS) is 10.6. The summed E-state index contributed by atoms with van der Waals surface area (Å²) in [5, 5.41) is 6.68. The van der Waals surface area contributed by atoms with E-state index in [4.69, 9.17) is 8.94 Å². The average molecular weight is 382 g/mol. The maximum atomic E-state index is 12.3. The predicted molar refractivity (Wildman–Crippen MR) is 102 cm³/mol. The van der Waals surface area contributed by atoms with Gasteiger partial charge >= 0.3 is 0 Å². The summed E-state index contributed by atoms with van der Waals surface area (Å²) >= 11 is 0. The molecular formula is C20H22N4O4. The van der Waals surface area contributed by atoms with Crippen LogP contribution in [0.25, 0.3) is 11.6 Å². The van der Waals surface area contributed by atoms with Gasteiger partial charge in [-0.15, -0.1) is 0 Å². The second kappa shape index (κ2) is 8.98. The monoisotopic (exact) mass is 382 g/mol. The van der Waals surface area contributed by atoms with Crippen LogP contribution in [0.4, 0.5) is 5.69 Å². The smallest absolute Gasteiger partial charge is 0.243 e. The van der Waals surface area contributed by atoms with Gasteiger partial charge in [0.25, 0.3) is 0 Å². The number of carbonyl (C=O) groups excluding carboxylic acids is 2. The van der Waals surface area contributed by atoms with Gasteiger partial charge in [-0.3, -0.25) is 9.59 Å². The van der Waals surface area contributed by atoms with Gasteiger partial charge in [0.2, 0.25) is 23.5 Å². The molecule has 0 aliphatic rings. The van der Waals surface area contributed by atoms with Crippen LogP contribution in [0.3, 0.4) is 0 Å². The highest BCUT2D eigenvalue weighted by Gasteiger charge is 2.16. The Labute approximate surface area is 162 Å². The minimum Gasteiger partial charge on any atom is -0.461 e. The van der Waals surface area contributed by atoms with Crippen LogP contribution in [0.2, 0.25) is 0 Å². The minimum atomic E-state index is -0.241. The standard InChI is InChI=1S/C20H22N4O4/c1-3-14-7-4-5-8-15(14)21-17(25)13-24(2)19(26)11-10-18-22-20(23-28-18)16-9-6-12-27-16/h4-9,12H,3,10-11,13H2,1-2H3,(H,21,25). The van der Waals surface area contributed by atoms with Crippen molar-refractivity contribution in [3.05, 3.63) is 54.1 Å². The van der Waals surface area contributed by atoms with Crippen molar-refractivity contribution in [2.24, 2.45) is 0 Å². The highest BCUT2D eigenvalue weighted by Crippen LogP contribution is 2.17. The fourth-order valence-electron chi connectivity index (χ4n) is 2.71. The van der Waals surface area contributed by atoms with E-state index in [0.717, 1.165) is 17.7 Å². The second-order valence-electron chi connectivity index (χ2n) is 6.30. The molecule has 0 spiro atoms. The van der Waals surface area contributed by atoms with E-state index >= 15 is 0 Å². The van der Waals surface area contributed by atoms with Gasteiger partial charge in [-0.05, 0) is 30.2 Å². The Morgan fingerprint density at radius 2 is 2.00 bits per heavy atom. The lowest BCUT2D eigenvalue weighted by atomic mass is 10.1. The van der Waals surface area contributed by atoms with Crippen molar-refractivity contribution < 1.29 is 18.5 Å². The first-order valence-corrected chi connectivity index (χ1v) is 9.05. The lowest BCUT2D eigenvalue weighted by Crippen LogP contribution is -2.35. The number of nitrogens with one attached hydrogen (secondary N) is 1. The molecule has 0 unspecified atom stereocenters. The van der Waals surface area contributed by atoms with Crippen molar-refractivity contribution in [3.8, 4) is 11.6 Å². The average Bonchev–Trinajstić information content (AvgIpc) is 3.38. The summed E-state index contributed by atoms with van der Waals surface area (Å²) in [7, 11) is 1.59. The van der Waals surface area contributed by atoms with Gasteiger partial charge in [0.05, 0.1) is 12.8 Å². The molecule has 146 valence electrons. The first-order chi connectivity index (χ1) is 13.6. The molecule has 1 N–H and O–H groups in total. The fraction of sp³-hybridized carbons (Fsp3) is 0.300. The first-order valence-electron chi connectivity index (χ1n) is 9.05. The largest absolute Gasteiger partial charge is 0.461 e. The Balaban J connectivity index is 1.48. The van der Waals surface area contributed by atoms with E-state index in [1.807, 2.05) is 31.2 Å². The van der Waals surface area contributed by atoms with Gasteiger partial charge in [0.15, 0.2) is 5.76 Å². The van der Waals surface area contributed by atoms with Crippen molar-refractivity contribution in [2.75, 3.05) is 18.9 Å². The summed E-state index contributed by atoms with van der Waals surface area (Å²) in [6.45, 7) is 1.99. The molecule has 3 rings (SSSR count). The molecule has 2 heterocycles. The number of nitrogens with zero attached hydrogens (tertiary/aromatic N) is 3. The molecule has 8 heteroatoms. The van der Waals surface area contributed by atoms with E-state index in [1.165, 1.54) is 11.2 Å². The van der Waals surface area contributed by atoms with Crippen LogP contribution in [0.5, 0.6) is 0 Å². The minimum absolute atomic E-state index is 0.0294. The Kier molecular flexibility index (Phi) is 6.21. The number of hydrogen-bond acceptors (Lipinski definition) is 6. The number of aromatic nitrogens is 2. The molecule has 3 aromatic rings. The zero-order valence-electron chi connectivity index (χ0n) is 15.8. The number of likely N-dealkylation sites (N-methyl/N-ethyl adjacent to an activating group) is 1. The number of aryl methyl sites for hydroxylation is 2. The molecule has 0 aliphatic heterocycles. The Morgan fingerprint density at radius 3 is 2.75 bits per heavy atom. The van der Waals surface area contributed by atoms with Gasteiger partial charge in [-0.1, -0.05) is 30.3 Å². The van der Waals surface area contributed by atoms with Gasteiger partial charge in [-0.25, -0.2) is 0 Å². The molecule has 0 fully saturated rings. The molecule has 8 nitrogen and oxygen atoms in total. The fourth-order valence-corrected chi connectivity index (χ4v) is 2.71. The van der Waals surface area contributed by atoms with Crippen molar-refractivity contribution in [1.82, 2.24) is 15.0 Å². The molecule has 2 amide bonds. The lowest BCUT2D eigenvalue weighted by molar-refractivity contribution is -0.133. The van der Waals surface area contributed by atoms with E-state index in [2.05, 4.69) is 15.5 Å². The zero-order chi connectivity index (χ0) is 19.9. The van der Waals surface area contributed by atoms with Crippen LogP contribution in [-0.4, -0.2) is 40.4 Å². The summed E-state index contributed by atoms with van der Waals surface area (Å²) in [5.74, 6) is 0.762. The van der Waals surface area contributed by atoms with Crippen LogP contribution in [0.15, 0.2) is 51.6 Å². The second-order valence-corrected chi connectivity index (χ2v) is 6.30. The van der Waals surface area contributed by atoms with E-state index in [0.29, 0.717) is 17.5 Å². The van der Waals surface area contributed by atoms with Crippen molar-refractivity contribution in [2.45, 2.75) is 26.2 Å². The molecule has 2 aromatic heterocycles. The Bertz CT molecular complexity index is 933. The molecule has 0 atom stereocenters. The third-order valence-corrected chi connectivity index (χ3v) is 4.24. The van der Waals surface area contributed by atoms with Crippen molar-refractivity contribution >= 4 is 17.5 Å². The van der Waals surface area contributed by atoms with Gasteiger partial charge in [0.1, 0.15) is 0 Å². The van der Waals surface area contributed by atoms with E-state index in [9.17, 15) is 9.59 Å². The highest BCUT2D eigenvalue weighted by molar-refractivity contribution is 5.95. The SMILES string of the molecule is CCc1ccccc1NC(=O)CN(C)C(=O)CCc1nc(-c2ccco2)no1. The molecule has 0 saturated heterocycles. The number of amides is 2. The number of rotatable bonds is 8. The summed E-state index contributed by atoms with van der Waals surface area (Å²) < 4.78 is 10.3. The number of para-hydroxylation sites is 1. The molecular weight excluding hydrogens is 360 g/mol. The van der Waals surface area contributed by atoms with Crippen molar-refractivity contribution in [1.29, 1.82) is 0 Å². The van der Waals surface area contributed by atoms with Crippen LogP contribution in [0, 0.1) is 0 Å². The topological polar surface area (TPSA) is 101 Å². The lowest BCUT2D eigenvalue weighted by Gasteiger charge is -2.17. The van der Waals surface area contributed by atoms with E-state index < -0.39 is 0 Å². The third-order valence-electron chi connectivity index (χ3n) is 4.24. The number of benzene rings is 1. The van der Waals surface area contributed by atoms with Crippen LogP contribution in [-0.2, 0) is 22.4 Å². The number of furan rings is 1. The molecule has 0 radical (unpaired) electrons.